The highest BCUT2D eigenvalue weighted by Crippen LogP contribution is 2.34. The number of hydrogen-bond acceptors (Lipinski definition) is 3. The molecule has 0 radical (unpaired) electrons. The van der Waals surface area contributed by atoms with Gasteiger partial charge in [0.2, 0.25) is 5.91 Å². The lowest BCUT2D eigenvalue weighted by Crippen LogP contribution is -2.39. The van der Waals surface area contributed by atoms with E-state index in [1.54, 1.807) is 4.68 Å². The largest absolute Gasteiger partial charge is 0.416 e. The lowest BCUT2D eigenvalue weighted by atomic mass is 10.1. The molecule has 0 aliphatic carbocycles. The van der Waals surface area contributed by atoms with Crippen molar-refractivity contribution in [3.05, 3.63) is 101 Å². The van der Waals surface area contributed by atoms with E-state index < -0.39 is 23.6 Å². The van der Waals surface area contributed by atoms with Crippen molar-refractivity contribution < 1.29 is 22.8 Å². The average Bonchev–Trinajstić information content (AvgIpc) is 3.23. The van der Waals surface area contributed by atoms with Gasteiger partial charge in [-0.3, -0.25) is 9.59 Å². The molecular weight excluding hydrogens is 505 g/mol. The zero-order valence-electron chi connectivity index (χ0n) is 21.9. The van der Waals surface area contributed by atoms with Gasteiger partial charge in [-0.2, -0.15) is 18.3 Å². The number of alkyl halides is 3. The number of aryl methyl sites for hydroxylation is 2. The summed E-state index contributed by atoms with van der Waals surface area (Å²) in [6.45, 7) is 5.51. The van der Waals surface area contributed by atoms with Gasteiger partial charge in [0.25, 0.3) is 5.91 Å². The number of carbonyl (C=O) groups is 2. The molecule has 1 aromatic heterocycles. The van der Waals surface area contributed by atoms with E-state index in [0.29, 0.717) is 17.9 Å². The molecule has 0 atom stereocenters. The van der Waals surface area contributed by atoms with Crippen LogP contribution in [0, 0.1) is 13.8 Å². The Morgan fingerprint density at radius 1 is 0.949 bits per heavy atom. The van der Waals surface area contributed by atoms with Crippen LogP contribution in [-0.2, 0) is 11.0 Å². The molecule has 1 N–H and O–H groups in total. The zero-order valence-corrected chi connectivity index (χ0v) is 21.9. The Kier molecular flexibility index (Phi) is 8.18. The highest BCUT2D eigenvalue weighted by molar-refractivity contribution is 6.01. The lowest BCUT2D eigenvalue weighted by Gasteiger charge is -2.22. The third-order valence-corrected chi connectivity index (χ3v) is 6.21. The first-order chi connectivity index (χ1) is 18.6. The maximum Gasteiger partial charge on any atom is 0.416 e. The van der Waals surface area contributed by atoms with Crippen LogP contribution in [0.2, 0.25) is 0 Å². The first kappa shape index (κ1) is 27.6. The van der Waals surface area contributed by atoms with E-state index in [9.17, 15) is 22.8 Å². The monoisotopic (exact) mass is 534 g/mol. The molecule has 4 rings (SSSR count). The number of nitrogens with zero attached hydrogens (tertiary/aromatic N) is 3. The second-order valence-corrected chi connectivity index (χ2v) is 9.28. The van der Waals surface area contributed by atoms with Crippen molar-refractivity contribution in [1.82, 2.24) is 14.7 Å². The summed E-state index contributed by atoms with van der Waals surface area (Å²) in [4.78, 5) is 27.8. The Hall–Kier alpha value is -4.40. The molecule has 0 fully saturated rings. The predicted molar refractivity (Wildman–Crippen MR) is 145 cm³/mol. The van der Waals surface area contributed by atoms with Crippen molar-refractivity contribution in [2.24, 2.45) is 0 Å². The van der Waals surface area contributed by atoms with E-state index in [0.717, 1.165) is 34.5 Å². The molecule has 0 saturated heterocycles. The van der Waals surface area contributed by atoms with Crippen molar-refractivity contribution in [3.8, 4) is 16.8 Å². The normalized spacial score (nSPS) is 11.3. The van der Waals surface area contributed by atoms with Gasteiger partial charge in [-0.1, -0.05) is 61.0 Å². The molecule has 6 nitrogen and oxygen atoms in total. The molecule has 0 aliphatic heterocycles. The van der Waals surface area contributed by atoms with Crippen LogP contribution in [0.25, 0.3) is 16.8 Å². The van der Waals surface area contributed by atoms with Gasteiger partial charge in [-0.15, -0.1) is 0 Å². The van der Waals surface area contributed by atoms with E-state index in [4.69, 9.17) is 0 Å². The van der Waals surface area contributed by atoms with Crippen LogP contribution in [0.3, 0.4) is 0 Å². The molecule has 2 amide bonds. The molecule has 0 unspecified atom stereocenters. The van der Waals surface area contributed by atoms with Gasteiger partial charge in [-0.05, 0) is 56.2 Å². The maximum atomic E-state index is 13.4. The Labute approximate surface area is 225 Å². The second-order valence-electron chi connectivity index (χ2n) is 9.28. The molecular formula is C30H29F3N4O2. The van der Waals surface area contributed by atoms with Crippen LogP contribution in [0.5, 0.6) is 0 Å². The molecule has 39 heavy (non-hydrogen) atoms. The standard InChI is InChI=1S/C30H29F3N4O2/c1-4-17-36(29(39)23-11-8-12-24(18-23)30(31,32)33)19-26(38)34-28-27(22-9-6-5-7-10-22)21(3)35-37(28)25-15-13-20(2)14-16-25/h5-16,18H,4,17,19H2,1-3H3,(H,34,38). The average molecular weight is 535 g/mol. The first-order valence-corrected chi connectivity index (χ1v) is 12.6. The summed E-state index contributed by atoms with van der Waals surface area (Å²) in [5, 5.41) is 7.62. The summed E-state index contributed by atoms with van der Waals surface area (Å²) in [7, 11) is 0. The number of benzene rings is 3. The van der Waals surface area contributed by atoms with E-state index in [1.807, 2.05) is 75.4 Å². The molecule has 9 heteroatoms. The van der Waals surface area contributed by atoms with Gasteiger partial charge < -0.3 is 10.2 Å². The minimum absolute atomic E-state index is 0.128. The number of aromatic nitrogens is 2. The Morgan fingerprint density at radius 3 is 2.28 bits per heavy atom. The van der Waals surface area contributed by atoms with Crippen molar-refractivity contribution in [1.29, 1.82) is 0 Å². The first-order valence-electron chi connectivity index (χ1n) is 12.6. The predicted octanol–water partition coefficient (Wildman–Crippen LogP) is 6.67. The maximum absolute atomic E-state index is 13.4. The number of rotatable bonds is 8. The third-order valence-electron chi connectivity index (χ3n) is 6.21. The summed E-state index contributed by atoms with van der Waals surface area (Å²) in [6, 6.07) is 21.4. The molecule has 3 aromatic carbocycles. The molecule has 0 aliphatic rings. The quantitative estimate of drug-likeness (QED) is 0.275. The van der Waals surface area contributed by atoms with E-state index in [-0.39, 0.29) is 18.7 Å². The lowest BCUT2D eigenvalue weighted by molar-refractivity contribution is -0.137. The van der Waals surface area contributed by atoms with Gasteiger partial charge in [0.05, 0.1) is 16.9 Å². The van der Waals surface area contributed by atoms with Crippen molar-refractivity contribution >= 4 is 17.6 Å². The van der Waals surface area contributed by atoms with Gasteiger partial charge in [0.15, 0.2) is 0 Å². The summed E-state index contributed by atoms with van der Waals surface area (Å²) in [5.74, 6) is -0.700. The number of amides is 2. The highest BCUT2D eigenvalue weighted by atomic mass is 19.4. The summed E-state index contributed by atoms with van der Waals surface area (Å²) in [6.07, 6.45) is -4.06. The van der Waals surface area contributed by atoms with Crippen molar-refractivity contribution in [3.63, 3.8) is 0 Å². The number of hydrogen-bond donors (Lipinski definition) is 1. The Bertz CT molecular complexity index is 1460. The number of nitrogens with one attached hydrogen (secondary N) is 1. The fraction of sp³-hybridized carbons (Fsp3) is 0.233. The Balaban J connectivity index is 1.66. The van der Waals surface area contributed by atoms with Crippen LogP contribution in [-0.4, -0.2) is 39.6 Å². The summed E-state index contributed by atoms with van der Waals surface area (Å²) in [5.41, 5.74) is 3.05. The highest BCUT2D eigenvalue weighted by Gasteiger charge is 2.31. The van der Waals surface area contributed by atoms with Crippen LogP contribution in [0.15, 0.2) is 78.9 Å². The van der Waals surface area contributed by atoms with Gasteiger partial charge in [0, 0.05) is 17.7 Å². The van der Waals surface area contributed by atoms with Crippen LogP contribution in [0.1, 0.15) is 40.5 Å². The SMILES string of the molecule is CCCN(CC(=O)Nc1c(-c2ccccc2)c(C)nn1-c1ccc(C)cc1)C(=O)c1cccc(C(F)(F)F)c1. The molecule has 0 saturated carbocycles. The summed E-state index contributed by atoms with van der Waals surface area (Å²) >= 11 is 0. The fourth-order valence-corrected chi connectivity index (χ4v) is 4.34. The molecule has 0 bridgehead atoms. The molecule has 1 heterocycles. The second kappa shape index (κ2) is 11.6. The fourth-order valence-electron chi connectivity index (χ4n) is 4.34. The number of carbonyl (C=O) groups excluding carboxylic acids is 2. The number of halogens is 3. The molecule has 4 aromatic rings. The third kappa shape index (κ3) is 6.37. The van der Waals surface area contributed by atoms with Crippen LogP contribution < -0.4 is 5.32 Å². The van der Waals surface area contributed by atoms with Crippen molar-refractivity contribution in [2.75, 3.05) is 18.4 Å². The zero-order chi connectivity index (χ0) is 28.2. The van der Waals surface area contributed by atoms with Gasteiger partial charge in [0.1, 0.15) is 12.4 Å². The van der Waals surface area contributed by atoms with E-state index in [1.165, 1.54) is 17.0 Å². The minimum atomic E-state index is -4.58. The molecule has 0 spiro atoms. The smallest absolute Gasteiger partial charge is 0.329 e. The van der Waals surface area contributed by atoms with Crippen molar-refractivity contribution in [2.45, 2.75) is 33.4 Å². The van der Waals surface area contributed by atoms with Crippen LogP contribution >= 0.6 is 0 Å². The van der Waals surface area contributed by atoms with Gasteiger partial charge >= 0.3 is 6.18 Å². The minimum Gasteiger partial charge on any atom is -0.329 e. The summed E-state index contributed by atoms with van der Waals surface area (Å²) < 4.78 is 41.3. The van der Waals surface area contributed by atoms with Gasteiger partial charge in [-0.25, -0.2) is 4.68 Å². The number of anilines is 1. The van der Waals surface area contributed by atoms with E-state index in [2.05, 4.69) is 10.4 Å². The topological polar surface area (TPSA) is 67.2 Å². The van der Waals surface area contributed by atoms with E-state index >= 15 is 0 Å². The van der Waals surface area contributed by atoms with Crippen LogP contribution in [0.4, 0.5) is 19.0 Å². The molecule has 202 valence electrons. The Morgan fingerprint density at radius 2 is 1.64 bits per heavy atom.